The molecule has 3 N–H and O–H groups in total. The van der Waals surface area contributed by atoms with Crippen LogP contribution in [-0.4, -0.2) is 0 Å². The summed E-state index contributed by atoms with van der Waals surface area (Å²) in [6, 6.07) is 187. The van der Waals surface area contributed by atoms with Gasteiger partial charge in [-0.2, -0.15) is 0 Å². The molecule has 12 heteroatoms. The molecule has 29 aromatic rings. The van der Waals surface area contributed by atoms with Gasteiger partial charge in [-0.1, -0.05) is 309 Å². The Balaban J connectivity index is 0.000000109. The van der Waals surface area contributed by atoms with E-state index in [4.69, 9.17) is 0 Å². The Morgan fingerprint density at radius 1 is 0.137 bits per heavy atom. The van der Waals surface area contributed by atoms with Crippen molar-refractivity contribution in [2.75, 3.05) is 30.7 Å². The highest BCUT2D eigenvalue weighted by Crippen LogP contribution is 2.53. The molecule has 0 unspecified atom stereocenters. The van der Waals surface area contributed by atoms with E-state index in [9.17, 15) is 0 Å². The zero-order valence-corrected chi connectivity index (χ0v) is 83.8. The van der Waals surface area contributed by atoms with Gasteiger partial charge in [0.2, 0.25) is 0 Å². The molecule has 0 radical (unpaired) electrons. The van der Waals surface area contributed by atoms with Crippen LogP contribution in [0.25, 0.3) is 176 Å². The summed E-state index contributed by atoms with van der Waals surface area (Å²) in [7, 11) is 0. The molecule has 6 aromatic heterocycles. The van der Waals surface area contributed by atoms with Gasteiger partial charge in [0, 0.05) is 195 Å². The number of fused-ring (bicyclic) bond motifs is 20. The summed E-state index contributed by atoms with van der Waals surface area (Å²) in [5.74, 6) is 0. The smallest absolute Gasteiger partial charge is 0.0640 e. The van der Waals surface area contributed by atoms with E-state index in [1.54, 1.807) is 0 Å². The highest BCUT2D eigenvalue weighted by atomic mass is 32.1. The molecule has 0 aliphatic rings. The third-order valence-electron chi connectivity index (χ3n) is 27.8. The number of thiophene rings is 6. The summed E-state index contributed by atoms with van der Waals surface area (Å²) in [6.07, 6.45) is 0. The van der Waals surface area contributed by atoms with Crippen LogP contribution in [0.5, 0.6) is 0 Å². The lowest BCUT2D eigenvalue weighted by Crippen LogP contribution is -2.12. The second kappa shape index (κ2) is 37.9. The molecule has 0 fully saturated rings. The van der Waals surface area contributed by atoms with Crippen LogP contribution in [-0.2, 0) is 0 Å². The molecule has 29 rings (SSSR count). The second-order valence-electron chi connectivity index (χ2n) is 36.8. The highest BCUT2D eigenvalue weighted by molar-refractivity contribution is 7.28. The van der Waals surface area contributed by atoms with Crippen molar-refractivity contribution in [2.24, 2.45) is 0 Å². The van der Waals surface area contributed by atoms with E-state index in [0.29, 0.717) is 0 Å². The molecule has 0 aliphatic carbocycles. The van der Waals surface area contributed by atoms with Gasteiger partial charge in [0.25, 0.3) is 0 Å². The number of anilines is 15. The molecule has 0 amide bonds. The van der Waals surface area contributed by atoms with Crippen LogP contribution < -0.4 is 30.7 Å². The van der Waals surface area contributed by atoms with E-state index < -0.39 is 0 Å². The third kappa shape index (κ3) is 16.7. The zero-order chi connectivity index (χ0) is 96.5. The third-order valence-corrected chi connectivity index (χ3v) is 34.8. The normalized spacial score (nSPS) is 11.6. The minimum Gasteiger partial charge on any atom is -0.355 e. The molecule has 146 heavy (non-hydrogen) atoms. The van der Waals surface area contributed by atoms with Crippen molar-refractivity contribution in [1.29, 1.82) is 0 Å². The van der Waals surface area contributed by atoms with Gasteiger partial charge in [-0.3, -0.25) is 0 Å². The Bertz CT molecular complexity index is 9950. The predicted octanol–water partition coefficient (Wildman–Crippen LogP) is 42.2. The molecule has 0 aliphatic heterocycles. The lowest BCUT2D eigenvalue weighted by molar-refractivity contribution is 1.29. The summed E-state index contributed by atoms with van der Waals surface area (Å²) >= 11 is 11.1. The van der Waals surface area contributed by atoms with Gasteiger partial charge >= 0.3 is 0 Å². The highest BCUT2D eigenvalue weighted by Gasteiger charge is 2.26. The second-order valence-corrected chi connectivity index (χ2v) is 43.3. The van der Waals surface area contributed by atoms with Crippen LogP contribution in [0.2, 0.25) is 0 Å². The van der Waals surface area contributed by atoms with Gasteiger partial charge in [0.05, 0.1) is 27.4 Å². The van der Waals surface area contributed by atoms with E-state index in [1.807, 2.05) is 68.0 Å². The number of para-hydroxylation sites is 3. The van der Waals surface area contributed by atoms with Crippen LogP contribution in [0.3, 0.4) is 0 Å². The van der Waals surface area contributed by atoms with Crippen LogP contribution in [0, 0.1) is 0 Å². The maximum atomic E-state index is 3.72. The fourth-order valence-electron chi connectivity index (χ4n) is 21.0. The molecule has 0 saturated carbocycles. The molecule has 0 spiro atoms. The van der Waals surface area contributed by atoms with E-state index in [-0.39, 0.29) is 0 Å². The van der Waals surface area contributed by atoms with Gasteiger partial charge in [-0.25, -0.2) is 0 Å². The summed E-state index contributed by atoms with van der Waals surface area (Å²) < 4.78 is 15.6. The molecule has 23 aromatic carbocycles. The van der Waals surface area contributed by atoms with Crippen LogP contribution in [0.1, 0.15) is 0 Å². The standard InChI is InChI=1S/C48H32N2S2.C46H30N2S2.C40H26N2S2/c1-3-13-32(14-4-1)37-17-7-10-20-43(37)50(44-21-11-8-18-38(44)33-15-5-2-6-16-33)36-25-27-41-42-29-34(24-28-46(42)52-48(41)31-36)49-35-23-26-40-39-19-9-12-22-45(39)51-47(40)30-35;1-2-10-30(11-3-1)31-20-24-35(25-21-31)48(41-17-8-13-32-12-4-5-14-36(32)41)42-18-9-16-38-40-29-34(23-27-45(40)50-46(38)42)47-33-22-26-44-39(28-33)37-15-6-7-19-43(37)49-44;1-2-10-30(11-3-1)42(31-17-14-26-8-4-5-9-27(26)22-31)32-18-19-34-36-24-29(16-21-39(36)44-40(34)25-32)41-28-15-20-38-35(23-28)33-12-6-7-13-37(33)43-38/h1-31,49H;1-29,47H;1-25,41H. The minimum absolute atomic E-state index is 1.09. The van der Waals surface area contributed by atoms with Crippen molar-refractivity contribution in [3.8, 4) is 33.4 Å². The molecular formula is C134H88N6S6. The van der Waals surface area contributed by atoms with E-state index in [0.717, 1.165) is 73.9 Å². The predicted molar refractivity (Wildman–Crippen MR) is 641 cm³/mol. The SMILES string of the molecule is c1ccc(-c2ccc(N(c3cccc4ccccc34)c3cccc4c3sc3ccc(Nc5ccc6sc7ccccc7c6c5)cc34)cc2)cc1.c1ccc(-c2ccccc2N(c2ccc3c(c2)sc2ccc(Nc4ccc5c(c4)sc4ccccc45)cc23)c2ccccc2-c2ccccc2)cc1.c1ccc(N(c2ccc3ccccc3c2)c2ccc3c(c2)sc2ccc(Nc4ccc5sc6ccccc6c5c4)cc23)cc1. The number of rotatable bonds is 18. The average Bonchev–Trinajstić information content (AvgIpc) is 1.45. The fraction of sp³-hybridized carbons (Fsp3) is 0. The molecule has 0 bridgehead atoms. The lowest BCUT2D eigenvalue weighted by atomic mass is 9.99. The topological polar surface area (TPSA) is 45.8 Å². The van der Waals surface area contributed by atoms with Crippen molar-refractivity contribution in [1.82, 2.24) is 0 Å². The number of benzene rings is 23. The molecule has 6 nitrogen and oxygen atoms in total. The summed E-state index contributed by atoms with van der Waals surface area (Å²) in [5, 5.41) is 31.5. The number of nitrogens with one attached hydrogen (secondary N) is 3. The number of hydrogen-bond acceptors (Lipinski definition) is 12. The summed E-state index contributed by atoms with van der Waals surface area (Å²) in [6.45, 7) is 0. The van der Waals surface area contributed by atoms with E-state index in [1.165, 1.54) is 187 Å². The van der Waals surface area contributed by atoms with Gasteiger partial charge < -0.3 is 30.7 Å². The van der Waals surface area contributed by atoms with Crippen molar-refractivity contribution in [3.05, 3.63) is 516 Å². The first-order chi connectivity index (χ1) is 72.3. The maximum Gasteiger partial charge on any atom is 0.0640 e. The quantitative estimate of drug-likeness (QED) is 0.0796. The van der Waals surface area contributed by atoms with Gasteiger partial charge in [-0.05, 0) is 245 Å². The summed E-state index contributed by atoms with van der Waals surface area (Å²) in [4.78, 5) is 7.23. The minimum atomic E-state index is 1.09. The van der Waals surface area contributed by atoms with Crippen molar-refractivity contribution in [3.63, 3.8) is 0 Å². The van der Waals surface area contributed by atoms with Gasteiger partial charge in [0.1, 0.15) is 0 Å². The van der Waals surface area contributed by atoms with Crippen LogP contribution in [0.4, 0.5) is 85.3 Å². The van der Waals surface area contributed by atoms with E-state index >= 15 is 0 Å². The fourth-order valence-corrected chi connectivity index (χ4v) is 27.7. The molecule has 0 atom stereocenters. The molecular weight excluding hydrogens is 1890 g/mol. The van der Waals surface area contributed by atoms with Crippen molar-refractivity contribution < 1.29 is 0 Å². The van der Waals surface area contributed by atoms with Crippen LogP contribution in [0.15, 0.2) is 516 Å². The monoisotopic (exact) mass is 1970 g/mol. The first-order valence-electron chi connectivity index (χ1n) is 49.1. The zero-order valence-electron chi connectivity index (χ0n) is 78.9. The number of hydrogen-bond donors (Lipinski definition) is 3. The number of nitrogens with zero attached hydrogens (tertiary/aromatic N) is 3. The molecule has 690 valence electrons. The Hall–Kier alpha value is -17.3. The first kappa shape index (κ1) is 87.7. The Morgan fingerprint density at radius 2 is 0.438 bits per heavy atom. The lowest BCUT2D eigenvalue weighted by Gasteiger charge is -2.30. The Labute approximate surface area is 868 Å². The maximum absolute atomic E-state index is 3.72. The molecule has 6 heterocycles. The van der Waals surface area contributed by atoms with E-state index in [2.05, 4.69) is 546 Å². The van der Waals surface area contributed by atoms with Crippen molar-refractivity contribution in [2.45, 2.75) is 0 Å². The van der Waals surface area contributed by atoms with Gasteiger partial charge in [-0.15, -0.1) is 68.0 Å². The average molecular weight is 1970 g/mol. The molecule has 0 saturated heterocycles. The summed E-state index contributed by atoms with van der Waals surface area (Å²) in [5.41, 5.74) is 24.1. The Kier molecular flexibility index (Phi) is 22.7. The van der Waals surface area contributed by atoms with Gasteiger partial charge in [0.15, 0.2) is 0 Å². The largest absolute Gasteiger partial charge is 0.355 e. The van der Waals surface area contributed by atoms with Crippen LogP contribution >= 0.6 is 68.0 Å². The van der Waals surface area contributed by atoms with Crippen molar-refractivity contribution >= 4 is 296 Å². The first-order valence-corrected chi connectivity index (χ1v) is 54.0. The Morgan fingerprint density at radius 3 is 0.966 bits per heavy atom.